The number of unbranched alkanes of at least 4 members (excludes halogenated alkanes) is 1. The first-order valence-corrected chi connectivity index (χ1v) is 6.72. The van der Waals surface area contributed by atoms with Gasteiger partial charge < -0.3 is 5.73 Å². The van der Waals surface area contributed by atoms with Crippen molar-refractivity contribution >= 4 is 27.2 Å². The molecule has 14 heavy (non-hydrogen) atoms. The van der Waals surface area contributed by atoms with E-state index in [1.165, 1.54) is 4.31 Å². The largest absolute Gasteiger partial charge is 0.392 e. The van der Waals surface area contributed by atoms with Gasteiger partial charge in [0.1, 0.15) is 0 Å². The minimum Gasteiger partial charge on any atom is -0.392 e. The number of nitrogens with two attached hydrogens (primary N) is 1. The van der Waals surface area contributed by atoms with Gasteiger partial charge in [-0.15, -0.1) is 0 Å². The average molecular weight is 238 g/mol. The quantitative estimate of drug-likeness (QED) is 0.664. The lowest BCUT2D eigenvalue weighted by molar-refractivity contribution is 0.466. The van der Waals surface area contributed by atoms with Gasteiger partial charge in [0.15, 0.2) is 0 Å². The monoisotopic (exact) mass is 238 g/mol. The van der Waals surface area contributed by atoms with Gasteiger partial charge in [-0.3, -0.25) is 0 Å². The molecule has 0 aliphatic rings. The lowest BCUT2D eigenvalue weighted by atomic mass is 10.4. The molecular formula is C8H18N2O2S2. The third-order valence-corrected chi connectivity index (χ3v) is 3.94. The first kappa shape index (κ1) is 13.8. The summed E-state index contributed by atoms with van der Waals surface area (Å²) in [7, 11) is -3.16. The summed E-state index contributed by atoms with van der Waals surface area (Å²) in [6.07, 6.45) is 1.54. The maximum Gasteiger partial charge on any atom is 0.214 e. The van der Waals surface area contributed by atoms with Crippen molar-refractivity contribution in [2.45, 2.75) is 26.7 Å². The Bertz CT molecular complexity index is 275. The molecule has 2 N–H and O–H groups in total. The van der Waals surface area contributed by atoms with E-state index in [1.807, 2.05) is 6.92 Å². The fraction of sp³-hybridized carbons (Fsp3) is 0.875. The van der Waals surface area contributed by atoms with Crippen LogP contribution < -0.4 is 5.73 Å². The Hall–Kier alpha value is -0.200. The fourth-order valence-electron chi connectivity index (χ4n) is 1.04. The number of rotatable bonds is 7. The van der Waals surface area contributed by atoms with Crippen molar-refractivity contribution in [2.75, 3.05) is 18.8 Å². The molecule has 0 aliphatic carbocycles. The van der Waals surface area contributed by atoms with E-state index in [1.54, 1.807) is 6.92 Å². The van der Waals surface area contributed by atoms with E-state index in [-0.39, 0.29) is 17.3 Å². The molecule has 0 saturated carbocycles. The van der Waals surface area contributed by atoms with Crippen molar-refractivity contribution < 1.29 is 8.42 Å². The van der Waals surface area contributed by atoms with Crippen molar-refractivity contribution in [3.05, 3.63) is 0 Å². The zero-order valence-corrected chi connectivity index (χ0v) is 10.3. The minimum atomic E-state index is -3.16. The Balaban J connectivity index is 4.41. The van der Waals surface area contributed by atoms with E-state index in [0.29, 0.717) is 13.0 Å². The van der Waals surface area contributed by atoms with Gasteiger partial charge >= 0.3 is 0 Å². The summed E-state index contributed by atoms with van der Waals surface area (Å²) in [6, 6.07) is 0. The maximum absolute atomic E-state index is 11.7. The molecule has 0 aromatic rings. The second kappa shape index (κ2) is 6.31. The highest BCUT2D eigenvalue weighted by Gasteiger charge is 2.19. The fourth-order valence-corrected chi connectivity index (χ4v) is 2.91. The topological polar surface area (TPSA) is 63.4 Å². The number of likely N-dealkylation sites (N-methyl/N-ethyl adjacent to an activating group) is 1. The Labute approximate surface area is 91.5 Å². The van der Waals surface area contributed by atoms with Gasteiger partial charge in [-0.05, 0) is 6.42 Å². The predicted octanol–water partition coefficient (Wildman–Crippen LogP) is 0.724. The molecule has 0 amide bonds. The Morgan fingerprint density at radius 2 is 2.00 bits per heavy atom. The number of hydrogen-bond donors (Lipinski definition) is 1. The number of nitrogens with zero attached hydrogens (tertiary/aromatic N) is 1. The van der Waals surface area contributed by atoms with Gasteiger partial charge in [-0.1, -0.05) is 32.5 Å². The highest BCUT2D eigenvalue weighted by atomic mass is 32.2. The summed E-state index contributed by atoms with van der Waals surface area (Å²) in [5, 5.41) is 0. The molecule has 4 nitrogen and oxygen atoms in total. The summed E-state index contributed by atoms with van der Waals surface area (Å²) in [5.74, 6) is 0.181. The van der Waals surface area contributed by atoms with Crippen molar-refractivity contribution in [1.82, 2.24) is 4.31 Å². The zero-order valence-electron chi connectivity index (χ0n) is 8.69. The van der Waals surface area contributed by atoms with E-state index >= 15 is 0 Å². The first-order chi connectivity index (χ1) is 6.44. The number of sulfonamides is 1. The molecular weight excluding hydrogens is 220 g/mol. The van der Waals surface area contributed by atoms with E-state index in [2.05, 4.69) is 0 Å². The Morgan fingerprint density at radius 1 is 1.43 bits per heavy atom. The molecule has 0 atom stereocenters. The molecule has 0 spiro atoms. The molecule has 0 fully saturated rings. The van der Waals surface area contributed by atoms with Gasteiger partial charge in [0.2, 0.25) is 10.0 Å². The van der Waals surface area contributed by atoms with Crippen LogP contribution in [0.15, 0.2) is 0 Å². The van der Waals surface area contributed by atoms with Crippen molar-refractivity contribution in [1.29, 1.82) is 0 Å². The Morgan fingerprint density at radius 3 is 2.36 bits per heavy atom. The summed E-state index contributed by atoms with van der Waals surface area (Å²) in [5.41, 5.74) is 5.32. The molecule has 0 unspecified atom stereocenters. The van der Waals surface area contributed by atoms with Crippen LogP contribution in [0.25, 0.3) is 0 Å². The molecule has 0 heterocycles. The van der Waals surface area contributed by atoms with Gasteiger partial charge in [0.05, 0.1) is 17.3 Å². The lowest BCUT2D eigenvalue weighted by Crippen LogP contribution is -2.38. The second-order valence-corrected chi connectivity index (χ2v) is 5.67. The summed E-state index contributed by atoms with van der Waals surface area (Å²) in [6.45, 7) is 4.31. The molecule has 0 aromatic carbocycles. The third kappa shape index (κ3) is 4.88. The Kier molecular flexibility index (Phi) is 6.22. The minimum absolute atomic E-state index is 0.151. The summed E-state index contributed by atoms with van der Waals surface area (Å²) < 4.78 is 24.7. The van der Waals surface area contributed by atoms with Gasteiger partial charge in [0.25, 0.3) is 0 Å². The van der Waals surface area contributed by atoms with Crippen molar-refractivity contribution in [3.63, 3.8) is 0 Å². The van der Waals surface area contributed by atoms with Crippen LogP contribution in [0, 0.1) is 0 Å². The molecule has 84 valence electrons. The molecule has 0 radical (unpaired) electrons. The van der Waals surface area contributed by atoms with E-state index < -0.39 is 10.0 Å². The van der Waals surface area contributed by atoms with Crippen LogP contribution >= 0.6 is 12.2 Å². The number of hydrogen-bond acceptors (Lipinski definition) is 3. The van der Waals surface area contributed by atoms with Crippen LogP contribution in [0.4, 0.5) is 0 Å². The highest BCUT2D eigenvalue weighted by molar-refractivity contribution is 7.89. The normalized spacial score (nSPS) is 11.9. The smallest absolute Gasteiger partial charge is 0.214 e. The van der Waals surface area contributed by atoms with E-state index in [0.717, 1.165) is 6.42 Å². The molecule has 0 aliphatic heterocycles. The van der Waals surface area contributed by atoms with Crippen LogP contribution in [0.3, 0.4) is 0 Å². The first-order valence-electron chi connectivity index (χ1n) is 4.70. The van der Waals surface area contributed by atoms with E-state index in [9.17, 15) is 8.42 Å². The highest BCUT2D eigenvalue weighted by Crippen LogP contribution is 2.04. The van der Waals surface area contributed by atoms with Gasteiger partial charge in [-0.25, -0.2) is 8.42 Å². The second-order valence-electron chi connectivity index (χ2n) is 3.06. The van der Waals surface area contributed by atoms with Crippen LogP contribution in [-0.4, -0.2) is 36.6 Å². The van der Waals surface area contributed by atoms with E-state index in [4.69, 9.17) is 18.0 Å². The van der Waals surface area contributed by atoms with Crippen molar-refractivity contribution in [3.8, 4) is 0 Å². The predicted molar refractivity (Wildman–Crippen MR) is 62.7 cm³/mol. The maximum atomic E-state index is 11.7. The molecule has 0 rings (SSSR count). The summed E-state index contributed by atoms with van der Waals surface area (Å²) in [4.78, 5) is 0.215. The molecule has 6 heteroatoms. The van der Waals surface area contributed by atoms with Gasteiger partial charge in [0, 0.05) is 6.54 Å². The SMILES string of the molecule is CCCCS(=O)(=O)N(CC)CC(N)=S. The summed E-state index contributed by atoms with van der Waals surface area (Å²) >= 11 is 4.69. The van der Waals surface area contributed by atoms with Gasteiger partial charge in [-0.2, -0.15) is 4.31 Å². The van der Waals surface area contributed by atoms with Crippen molar-refractivity contribution in [2.24, 2.45) is 5.73 Å². The number of thiocarbonyl (C=S) groups is 1. The zero-order chi connectivity index (χ0) is 11.2. The van der Waals surface area contributed by atoms with Crippen LogP contribution in [0.1, 0.15) is 26.7 Å². The lowest BCUT2D eigenvalue weighted by Gasteiger charge is -2.19. The average Bonchev–Trinajstić information content (AvgIpc) is 2.10. The molecule has 0 aromatic heterocycles. The molecule has 0 saturated heterocycles. The standard InChI is InChI=1S/C8H18N2O2S2/c1-3-5-6-14(11,12)10(4-2)7-8(9)13/h3-7H2,1-2H3,(H2,9,13). The van der Waals surface area contributed by atoms with Crippen LogP contribution in [0.2, 0.25) is 0 Å². The molecule has 0 bridgehead atoms. The van der Waals surface area contributed by atoms with Crippen LogP contribution in [-0.2, 0) is 10.0 Å². The van der Waals surface area contributed by atoms with Crippen LogP contribution in [0.5, 0.6) is 0 Å². The third-order valence-electron chi connectivity index (χ3n) is 1.83.